The number of rotatable bonds is 7. The predicted octanol–water partition coefficient (Wildman–Crippen LogP) is 3.19. The Bertz CT molecular complexity index is 956. The number of nitrogens with one attached hydrogen (secondary N) is 1. The van der Waals surface area contributed by atoms with E-state index in [-0.39, 0.29) is 23.9 Å². The van der Waals surface area contributed by atoms with Crippen LogP contribution >= 0.6 is 0 Å². The number of hydrogen-bond acceptors (Lipinski definition) is 5. The molecule has 8 heteroatoms. The lowest BCUT2D eigenvalue weighted by Gasteiger charge is -2.38. The second-order valence-corrected chi connectivity index (χ2v) is 9.44. The first kappa shape index (κ1) is 21.4. The summed E-state index contributed by atoms with van der Waals surface area (Å²) < 4.78 is 34.0. The Hall–Kier alpha value is -2.45. The number of carbonyl (C=O) groups is 1. The zero-order valence-electron chi connectivity index (χ0n) is 17.9. The van der Waals surface area contributed by atoms with Crippen molar-refractivity contribution in [3.8, 4) is 0 Å². The molecule has 2 heterocycles. The van der Waals surface area contributed by atoms with Crippen LogP contribution in [0.5, 0.6) is 0 Å². The van der Waals surface area contributed by atoms with E-state index in [0.717, 1.165) is 38.6 Å². The minimum Gasteiger partial charge on any atom is -0.376 e. The molecule has 1 saturated heterocycles. The summed E-state index contributed by atoms with van der Waals surface area (Å²) in [6.07, 6.45) is 8.47. The van der Waals surface area contributed by atoms with Crippen LogP contribution < -0.4 is 5.32 Å². The van der Waals surface area contributed by atoms with Gasteiger partial charge >= 0.3 is 0 Å². The third kappa shape index (κ3) is 4.96. The number of amides is 1. The zero-order chi connectivity index (χ0) is 22.1. The van der Waals surface area contributed by atoms with Gasteiger partial charge in [-0.1, -0.05) is 0 Å². The van der Waals surface area contributed by atoms with Crippen molar-refractivity contribution in [2.75, 3.05) is 19.7 Å². The SMILES string of the molecule is O=C(N[C@H]1C[C@H]2CN(Cc3cc(F)ccc3F)C[C@H]2C[C@@H]1OCC1CC1)c1cncnc1. The fourth-order valence-electron chi connectivity index (χ4n) is 5.09. The molecule has 32 heavy (non-hydrogen) atoms. The largest absolute Gasteiger partial charge is 0.376 e. The van der Waals surface area contributed by atoms with Crippen molar-refractivity contribution in [2.24, 2.45) is 17.8 Å². The van der Waals surface area contributed by atoms with E-state index < -0.39 is 5.82 Å². The second-order valence-electron chi connectivity index (χ2n) is 9.44. The topological polar surface area (TPSA) is 67.4 Å². The number of benzene rings is 1. The monoisotopic (exact) mass is 442 g/mol. The number of hydrogen-bond donors (Lipinski definition) is 1. The molecule has 3 aliphatic rings. The van der Waals surface area contributed by atoms with Gasteiger partial charge in [0, 0.05) is 44.2 Å². The standard InChI is InChI=1S/C24H28F2N4O2/c25-20-3-4-21(26)18(5-20)12-30-10-16-6-22(29-24(31)19-8-27-14-28-9-19)23(7-17(16)11-30)32-13-15-1-2-15/h3-5,8-9,14-17,22-23H,1-2,6-7,10-13H2,(H,29,31)/t16-,17+,22-,23-/m0/s1. The highest BCUT2D eigenvalue weighted by Gasteiger charge is 2.43. The lowest BCUT2D eigenvalue weighted by atomic mass is 9.77. The van der Waals surface area contributed by atoms with Gasteiger partial charge in [-0.2, -0.15) is 0 Å². The predicted molar refractivity (Wildman–Crippen MR) is 114 cm³/mol. The van der Waals surface area contributed by atoms with Crippen molar-refractivity contribution in [3.63, 3.8) is 0 Å². The summed E-state index contributed by atoms with van der Waals surface area (Å²) in [6, 6.07) is 3.53. The molecule has 1 aromatic carbocycles. The molecule has 0 spiro atoms. The Balaban J connectivity index is 1.26. The van der Waals surface area contributed by atoms with Crippen molar-refractivity contribution in [1.29, 1.82) is 0 Å². The third-order valence-corrected chi connectivity index (χ3v) is 6.98. The molecule has 2 aromatic rings. The number of halogens is 2. The summed E-state index contributed by atoms with van der Waals surface area (Å²) in [7, 11) is 0. The summed E-state index contributed by atoms with van der Waals surface area (Å²) in [4.78, 5) is 22.8. The fraction of sp³-hybridized carbons (Fsp3) is 0.542. The lowest BCUT2D eigenvalue weighted by molar-refractivity contribution is -0.0212. The van der Waals surface area contributed by atoms with Crippen LogP contribution in [0.1, 0.15) is 41.6 Å². The lowest BCUT2D eigenvalue weighted by Crippen LogP contribution is -2.50. The maximum atomic E-state index is 14.1. The number of ether oxygens (including phenoxy) is 1. The van der Waals surface area contributed by atoms with Crippen LogP contribution in [0, 0.1) is 29.4 Å². The second kappa shape index (κ2) is 9.19. The molecule has 170 valence electrons. The van der Waals surface area contributed by atoms with Crippen LogP contribution in [-0.4, -0.2) is 52.6 Å². The molecule has 3 fully saturated rings. The molecule has 4 atom stereocenters. The molecule has 2 saturated carbocycles. The highest BCUT2D eigenvalue weighted by molar-refractivity contribution is 5.93. The maximum Gasteiger partial charge on any atom is 0.254 e. The number of carbonyl (C=O) groups excluding carboxylic acids is 1. The van der Waals surface area contributed by atoms with Gasteiger partial charge < -0.3 is 10.1 Å². The average Bonchev–Trinajstić information content (AvgIpc) is 3.54. The van der Waals surface area contributed by atoms with Crippen LogP contribution in [0.3, 0.4) is 0 Å². The summed E-state index contributed by atoms with van der Waals surface area (Å²) >= 11 is 0. The smallest absolute Gasteiger partial charge is 0.254 e. The molecular weight excluding hydrogens is 414 g/mol. The summed E-state index contributed by atoms with van der Waals surface area (Å²) in [6.45, 7) is 2.76. The van der Waals surface area contributed by atoms with Crippen LogP contribution in [0.25, 0.3) is 0 Å². The number of aromatic nitrogens is 2. The van der Waals surface area contributed by atoms with E-state index in [1.807, 2.05) is 0 Å². The first-order valence-corrected chi connectivity index (χ1v) is 11.4. The highest BCUT2D eigenvalue weighted by atomic mass is 19.1. The van der Waals surface area contributed by atoms with Gasteiger partial charge in [0.15, 0.2) is 0 Å². The van der Waals surface area contributed by atoms with Gasteiger partial charge in [-0.25, -0.2) is 18.7 Å². The Kier molecular flexibility index (Phi) is 6.15. The van der Waals surface area contributed by atoms with Crippen LogP contribution in [0.2, 0.25) is 0 Å². The zero-order valence-corrected chi connectivity index (χ0v) is 17.9. The molecule has 1 amide bonds. The van der Waals surface area contributed by atoms with E-state index in [2.05, 4.69) is 20.2 Å². The molecular formula is C24H28F2N4O2. The molecule has 0 radical (unpaired) electrons. The van der Waals surface area contributed by atoms with Gasteiger partial charge in [-0.05, 0) is 61.6 Å². The summed E-state index contributed by atoms with van der Waals surface area (Å²) in [5, 5.41) is 3.15. The first-order valence-electron chi connectivity index (χ1n) is 11.4. The highest BCUT2D eigenvalue weighted by Crippen LogP contribution is 2.39. The normalized spacial score (nSPS) is 27.8. The van der Waals surface area contributed by atoms with E-state index in [0.29, 0.717) is 35.4 Å². The van der Waals surface area contributed by atoms with Crippen molar-refractivity contribution < 1.29 is 18.3 Å². The Morgan fingerprint density at radius 2 is 1.88 bits per heavy atom. The quantitative estimate of drug-likeness (QED) is 0.714. The van der Waals surface area contributed by atoms with Crippen molar-refractivity contribution in [3.05, 3.63) is 59.7 Å². The average molecular weight is 443 g/mol. The number of fused-ring (bicyclic) bond motifs is 1. The Labute approximate surface area is 186 Å². The summed E-state index contributed by atoms with van der Waals surface area (Å²) in [5.74, 6) is 0.462. The minimum atomic E-state index is -0.417. The Morgan fingerprint density at radius 1 is 1.12 bits per heavy atom. The van der Waals surface area contributed by atoms with Gasteiger partial charge in [0.2, 0.25) is 0 Å². The van der Waals surface area contributed by atoms with E-state index in [1.165, 1.54) is 43.7 Å². The van der Waals surface area contributed by atoms with Crippen molar-refractivity contribution in [1.82, 2.24) is 20.2 Å². The minimum absolute atomic E-state index is 0.0451. The van der Waals surface area contributed by atoms with E-state index in [4.69, 9.17) is 4.74 Å². The van der Waals surface area contributed by atoms with Crippen LogP contribution in [0.4, 0.5) is 8.78 Å². The molecule has 6 nitrogen and oxygen atoms in total. The molecule has 2 aliphatic carbocycles. The summed E-state index contributed by atoms with van der Waals surface area (Å²) in [5.41, 5.74) is 0.823. The molecule has 1 aromatic heterocycles. The van der Waals surface area contributed by atoms with Gasteiger partial charge in [-0.3, -0.25) is 9.69 Å². The van der Waals surface area contributed by atoms with E-state index in [9.17, 15) is 13.6 Å². The number of nitrogens with zero attached hydrogens (tertiary/aromatic N) is 3. The van der Waals surface area contributed by atoms with E-state index >= 15 is 0 Å². The molecule has 1 aliphatic heterocycles. The van der Waals surface area contributed by atoms with Gasteiger partial charge in [0.05, 0.1) is 17.7 Å². The van der Waals surface area contributed by atoms with Crippen LogP contribution in [-0.2, 0) is 11.3 Å². The van der Waals surface area contributed by atoms with Gasteiger partial charge in [0.25, 0.3) is 5.91 Å². The Morgan fingerprint density at radius 3 is 2.62 bits per heavy atom. The maximum absolute atomic E-state index is 14.1. The number of likely N-dealkylation sites (tertiary alicyclic amines) is 1. The van der Waals surface area contributed by atoms with Crippen molar-refractivity contribution in [2.45, 2.75) is 44.4 Å². The van der Waals surface area contributed by atoms with Gasteiger partial charge in [0.1, 0.15) is 18.0 Å². The first-order chi connectivity index (χ1) is 15.5. The van der Waals surface area contributed by atoms with Crippen molar-refractivity contribution >= 4 is 5.91 Å². The van der Waals surface area contributed by atoms with Crippen LogP contribution in [0.15, 0.2) is 36.9 Å². The third-order valence-electron chi connectivity index (χ3n) is 6.98. The van der Waals surface area contributed by atoms with E-state index in [1.54, 1.807) is 0 Å². The van der Waals surface area contributed by atoms with Gasteiger partial charge in [-0.15, -0.1) is 0 Å². The molecule has 5 rings (SSSR count). The molecule has 0 unspecified atom stereocenters. The fourth-order valence-corrected chi connectivity index (χ4v) is 5.09. The molecule has 1 N–H and O–H groups in total. The molecule has 0 bridgehead atoms.